The van der Waals surface area contributed by atoms with Crippen molar-refractivity contribution in [2.75, 3.05) is 27.7 Å². The van der Waals surface area contributed by atoms with Crippen LogP contribution in [0.15, 0.2) is 42.5 Å². The molecule has 0 aliphatic heterocycles. The third kappa shape index (κ3) is 4.58. The molecule has 0 saturated heterocycles. The smallest absolute Gasteiger partial charge is 0.273 e. The summed E-state index contributed by atoms with van der Waals surface area (Å²) in [6.45, 7) is 2.01. The van der Waals surface area contributed by atoms with Crippen LogP contribution >= 0.6 is 0 Å². The highest BCUT2D eigenvalue weighted by molar-refractivity contribution is 5.95. The van der Waals surface area contributed by atoms with Crippen molar-refractivity contribution < 1.29 is 14.5 Å². The second-order valence-electron chi connectivity index (χ2n) is 6.22. The van der Waals surface area contributed by atoms with Gasteiger partial charge in [-0.15, -0.1) is 0 Å². The van der Waals surface area contributed by atoms with Gasteiger partial charge in [-0.1, -0.05) is 18.2 Å². The standard InChI is InChI=1S/C19H23N3O4/c1-13-8-9-15(11-17(13)22(24)25)19(23)20-12-18(21(2)3)14-6-5-7-16(10-14)26-4/h5-11,18H,12H2,1-4H3,(H,20,23). The molecule has 0 heterocycles. The highest BCUT2D eigenvalue weighted by Gasteiger charge is 2.18. The average Bonchev–Trinajstić information content (AvgIpc) is 2.61. The quantitative estimate of drug-likeness (QED) is 0.608. The van der Waals surface area contributed by atoms with Gasteiger partial charge in [0.15, 0.2) is 0 Å². The van der Waals surface area contributed by atoms with E-state index in [1.807, 2.05) is 43.3 Å². The molecule has 7 nitrogen and oxygen atoms in total. The third-order valence-electron chi connectivity index (χ3n) is 4.23. The zero-order valence-electron chi connectivity index (χ0n) is 15.4. The fourth-order valence-electron chi connectivity index (χ4n) is 2.69. The van der Waals surface area contributed by atoms with Gasteiger partial charge in [0.1, 0.15) is 5.75 Å². The lowest BCUT2D eigenvalue weighted by atomic mass is 10.0. The molecule has 0 spiro atoms. The van der Waals surface area contributed by atoms with Gasteiger partial charge in [-0.25, -0.2) is 0 Å². The van der Waals surface area contributed by atoms with E-state index in [1.54, 1.807) is 26.2 Å². The number of benzene rings is 2. The van der Waals surface area contributed by atoms with Crippen molar-refractivity contribution in [3.8, 4) is 5.75 Å². The number of nitrogens with one attached hydrogen (secondary N) is 1. The number of rotatable bonds is 7. The molecular weight excluding hydrogens is 334 g/mol. The number of aryl methyl sites for hydroxylation is 1. The van der Waals surface area contributed by atoms with Gasteiger partial charge in [0, 0.05) is 23.7 Å². The zero-order valence-corrected chi connectivity index (χ0v) is 15.4. The lowest BCUT2D eigenvalue weighted by Gasteiger charge is -2.25. The Morgan fingerprint density at radius 2 is 2.00 bits per heavy atom. The molecule has 1 atom stereocenters. The van der Waals surface area contributed by atoms with Crippen LogP contribution in [0.1, 0.15) is 27.5 Å². The number of methoxy groups -OCH3 is 1. The molecule has 0 saturated carbocycles. The van der Waals surface area contributed by atoms with E-state index in [-0.39, 0.29) is 23.2 Å². The molecule has 1 unspecified atom stereocenters. The molecule has 7 heteroatoms. The number of hydrogen-bond donors (Lipinski definition) is 1. The molecule has 2 aromatic carbocycles. The highest BCUT2D eigenvalue weighted by Crippen LogP contribution is 2.23. The number of ether oxygens (including phenoxy) is 1. The summed E-state index contributed by atoms with van der Waals surface area (Å²) in [4.78, 5) is 25.0. The molecule has 2 aromatic rings. The minimum absolute atomic E-state index is 0.0606. The number of hydrogen-bond acceptors (Lipinski definition) is 5. The first-order chi connectivity index (χ1) is 12.3. The van der Waals surface area contributed by atoms with Crippen molar-refractivity contribution in [1.29, 1.82) is 0 Å². The van der Waals surface area contributed by atoms with Gasteiger partial charge in [-0.2, -0.15) is 0 Å². The average molecular weight is 357 g/mol. The number of likely N-dealkylation sites (N-methyl/N-ethyl adjacent to an activating group) is 1. The molecular formula is C19H23N3O4. The van der Waals surface area contributed by atoms with Gasteiger partial charge >= 0.3 is 0 Å². The first kappa shape index (κ1) is 19.4. The van der Waals surface area contributed by atoms with E-state index in [2.05, 4.69) is 5.32 Å². The SMILES string of the molecule is COc1cccc(C(CNC(=O)c2ccc(C)c([N+](=O)[O-])c2)N(C)C)c1. The normalized spacial score (nSPS) is 11.9. The molecule has 0 aromatic heterocycles. The van der Waals surface area contributed by atoms with Crippen molar-refractivity contribution in [2.24, 2.45) is 0 Å². The van der Waals surface area contributed by atoms with Gasteiger partial charge in [0.05, 0.1) is 18.1 Å². The summed E-state index contributed by atoms with van der Waals surface area (Å²) < 4.78 is 5.26. The highest BCUT2D eigenvalue weighted by atomic mass is 16.6. The second kappa shape index (κ2) is 8.44. The Labute approximate surface area is 152 Å². The van der Waals surface area contributed by atoms with Gasteiger partial charge in [-0.3, -0.25) is 14.9 Å². The predicted molar refractivity (Wildman–Crippen MR) is 99.6 cm³/mol. The molecule has 26 heavy (non-hydrogen) atoms. The number of nitro benzene ring substituents is 1. The van der Waals surface area contributed by atoms with E-state index in [1.165, 1.54) is 6.07 Å². The zero-order chi connectivity index (χ0) is 19.3. The summed E-state index contributed by atoms with van der Waals surface area (Å²) in [5, 5.41) is 13.9. The van der Waals surface area contributed by atoms with Gasteiger partial charge in [0.2, 0.25) is 0 Å². The number of nitro groups is 1. The van der Waals surface area contributed by atoms with Crippen molar-refractivity contribution in [2.45, 2.75) is 13.0 Å². The van der Waals surface area contributed by atoms with Crippen LogP contribution in [-0.2, 0) is 0 Å². The van der Waals surface area contributed by atoms with Gasteiger partial charge < -0.3 is 15.0 Å². The number of nitrogens with zero attached hydrogens (tertiary/aromatic N) is 2. The minimum atomic E-state index is -0.481. The summed E-state index contributed by atoms with van der Waals surface area (Å²) in [5.41, 5.74) is 1.73. The van der Waals surface area contributed by atoms with E-state index < -0.39 is 4.92 Å². The maximum absolute atomic E-state index is 12.4. The Bertz CT molecular complexity index is 805. The Morgan fingerprint density at radius 1 is 1.27 bits per heavy atom. The van der Waals surface area contributed by atoms with Crippen LogP contribution in [0, 0.1) is 17.0 Å². The Morgan fingerprint density at radius 3 is 2.62 bits per heavy atom. The fourth-order valence-corrected chi connectivity index (χ4v) is 2.69. The van der Waals surface area contributed by atoms with E-state index in [0.717, 1.165) is 11.3 Å². The predicted octanol–water partition coefficient (Wildman–Crippen LogP) is 2.94. The maximum atomic E-state index is 12.4. The molecule has 138 valence electrons. The Kier molecular flexibility index (Phi) is 6.30. The van der Waals surface area contributed by atoms with Crippen molar-refractivity contribution in [1.82, 2.24) is 10.2 Å². The van der Waals surface area contributed by atoms with Crippen molar-refractivity contribution >= 4 is 11.6 Å². The summed E-state index contributed by atoms with van der Waals surface area (Å²) in [7, 11) is 5.45. The molecule has 0 aliphatic rings. The van der Waals surface area contributed by atoms with Crippen molar-refractivity contribution in [3.05, 3.63) is 69.3 Å². The van der Waals surface area contributed by atoms with Crippen LogP contribution in [0.5, 0.6) is 5.75 Å². The lowest BCUT2D eigenvalue weighted by molar-refractivity contribution is -0.385. The minimum Gasteiger partial charge on any atom is -0.497 e. The summed E-state index contributed by atoms with van der Waals surface area (Å²) in [6, 6.07) is 12.1. The summed E-state index contributed by atoms with van der Waals surface area (Å²) >= 11 is 0. The number of carbonyl (C=O) groups excluding carboxylic acids is 1. The van der Waals surface area contributed by atoms with Crippen LogP contribution in [0.3, 0.4) is 0 Å². The number of carbonyl (C=O) groups is 1. The molecule has 2 rings (SSSR count). The van der Waals surface area contributed by atoms with E-state index in [9.17, 15) is 14.9 Å². The molecule has 0 aliphatic carbocycles. The van der Waals surface area contributed by atoms with Gasteiger partial charge in [0.25, 0.3) is 11.6 Å². The third-order valence-corrected chi connectivity index (χ3v) is 4.23. The molecule has 1 amide bonds. The van der Waals surface area contributed by atoms with Crippen LogP contribution in [0.4, 0.5) is 5.69 Å². The van der Waals surface area contributed by atoms with Crippen LogP contribution < -0.4 is 10.1 Å². The topological polar surface area (TPSA) is 84.7 Å². The van der Waals surface area contributed by atoms with Crippen LogP contribution in [0.2, 0.25) is 0 Å². The Hall–Kier alpha value is -2.93. The van der Waals surface area contributed by atoms with Crippen molar-refractivity contribution in [3.63, 3.8) is 0 Å². The Balaban J connectivity index is 2.15. The van der Waals surface area contributed by atoms with Crippen LogP contribution in [-0.4, -0.2) is 43.5 Å². The molecule has 0 bridgehead atoms. The lowest BCUT2D eigenvalue weighted by Crippen LogP contribution is -2.34. The van der Waals surface area contributed by atoms with Crippen LogP contribution in [0.25, 0.3) is 0 Å². The fraction of sp³-hybridized carbons (Fsp3) is 0.316. The second-order valence-corrected chi connectivity index (χ2v) is 6.22. The van der Waals surface area contributed by atoms with E-state index in [0.29, 0.717) is 12.1 Å². The first-order valence-electron chi connectivity index (χ1n) is 8.17. The molecule has 1 N–H and O–H groups in total. The molecule has 0 fully saturated rings. The first-order valence-corrected chi connectivity index (χ1v) is 8.17. The van der Waals surface area contributed by atoms with E-state index >= 15 is 0 Å². The monoisotopic (exact) mass is 357 g/mol. The van der Waals surface area contributed by atoms with E-state index in [4.69, 9.17) is 4.74 Å². The summed E-state index contributed by atoms with van der Waals surface area (Å²) in [6.07, 6.45) is 0. The summed E-state index contributed by atoms with van der Waals surface area (Å²) in [5.74, 6) is 0.401. The number of amides is 1. The largest absolute Gasteiger partial charge is 0.497 e. The maximum Gasteiger partial charge on any atom is 0.273 e. The molecule has 0 radical (unpaired) electrons. The van der Waals surface area contributed by atoms with Gasteiger partial charge in [-0.05, 0) is 44.8 Å².